The summed E-state index contributed by atoms with van der Waals surface area (Å²) in [6.45, 7) is 1.53. The molecule has 3 heteroatoms. The van der Waals surface area contributed by atoms with E-state index in [1.54, 1.807) is 12.2 Å². The van der Waals surface area contributed by atoms with Gasteiger partial charge in [-0.3, -0.25) is 4.79 Å². The predicted octanol–water partition coefficient (Wildman–Crippen LogP) is 1.71. The first-order chi connectivity index (χ1) is 7.53. The molecular weight excluding hydrogens is 204 g/mol. The second-order valence-corrected chi connectivity index (χ2v) is 4.26. The molecule has 2 unspecified atom stereocenters. The van der Waals surface area contributed by atoms with Crippen LogP contribution in [0.4, 0.5) is 0 Å². The number of rotatable bonds is 2. The largest absolute Gasteiger partial charge is 0.481 e. The van der Waals surface area contributed by atoms with Crippen molar-refractivity contribution in [1.29, 1.82) is 0 Å². The lowest BCUT2D eigenvalue weighted by Crippen LogP contribution is -2.42. The molecule has 2 rings (SSSR count). The van der Waals surface area contributed by atoms with E-state index in [0.29, 0.717) is 6.42 Å². The van der Waals surface area contributed by atoms with Crippen LogP contribution in [0.2, 0.25) is 0 Å². The van der Waals surface area contributed by atoms with E-state index in [2.05, 4.69) is 0 Å². The van der Waals surface area contributed by atoms with Crippen LogP contribution in [-0.4, -0.2) is 21.8 Å². The van der Waals surface area contributed by atoms with Crippen LogP contribution in [-0.2, 0) is 11.2 Å². The molecule has 1 aliphatic carbocycles. The minimum atomic E-state index is -1.28. The summed E-state index contributed by atoms with van der Waals surface area (Å²) in [6.07, 6.45) is 3.74. The lowest BCUT2D eigenvalue weighted by molar-refractivity contribution is -0.147. The van der Waals surface area contributed by atoms with E-state index >= 15 is 0 Å². The van der Waals surface area contributed by atoms with Crippen LogP contribution in [0.5, 0.6) is 0 Å². The molecule has 1 aromatic rings. The smallest absolute Gasteiger partial charge is 0.309 e. The van der Waals surface area contributed by atoms with Gasteiger partial charge in [0.25, 0.3) is 0 Å². The number of aliphatic hydroxyl groups is 1. The molecule has 0 radical (unpaired) electrons. The second kappa shape index (κ2) is 3.76. The molecule has 84 valence electrons. The van der Waals surface area contributed by atoms with Crippen molar-refractivity contribution in [2.24, 2.45) is 5.92 Å². The number of carboxylic acids is 1. The summed E-state index contributed by atoms with van der Waals surface area (Å²) in [5.41, 5.74) is 0.755. The highest BCUT2D eigenvalue weighted by molar-refractivity contribution is 5.73. The van der Waals surface area contributed by atoms with Crippen LogP contribution in [0.15, 0.2) is 30.3 Å². The van der Waals surface area contributed by atoms with E-state index in [0.717, 1.165) is 11.1 Å². The van der Waals surface area contributed by atoms with E-state index in [9.17, 15) is 9.90 Å². The average Bonchev–Trinajstić information content (AvgIpc) is 2.27. The Hall–Kier alpha value is -1.61. The molecule has 0 spiro atoms. The molecule has 0 heterocycles. The highest BCUT2D eigenvalue weighted by Crippen LogP contribution is 2.31. The topological polar surface area (TPSA) is 57.5 Å². The number of carboxylic acid groups (broad SMARTS) is 1. The standard InChI is InChI=1S/C13H14O3/c1-9(12(14)15)13(16)7-6-10-4-2-3-5-11(10)8-13/h2-7,9,16H,8H2,1H3,(H,14,15). The molecule has 2 N–H and O–H groups in total. The number of benzene rings is 1. The maximum atomic E-state index is 10.9. The van der Waals surface area contributed by atoms with Gasteiger partial charge < -0.3 is 10.2 Å². The van der Waals surface area contributed by atoms with E-state index < -0.39 is 17.5 Å². The maximum Gasteiger partial charge on any atom is 0.309 e. The van der Waals surface area contributed by atoms with Crippen LogP contribution in [0.25, 0.3) is 6.08 Å². The quantitative estimate of drug-likeness (QED) is 0.794. The monoisotopic (exact) mass is 218 g/mol. The van der Waals surface area contributed by atoms with Crippen LogP contribution < -0.4 is 0 Å². The van der Waals surface area contributed by atoms with Crippen molar-refractivity contribution in [3.05, 3.63) is 41.5 Å². The molecule has 0 bridgehead atoms. The van der Waals surface area contributed by atoms with Gasteiger partial charge in [0, 0.05) is 6.42 Å². The van der Waals surface area contributed by atoms with Crippen molar-refractivity contribution < 1.29 is 15.0 Å². The van der Waals surface area contributed by atoms with E-state index in [-0.39, 0.29) is 0 Å². The van der Waals surface area contributed by atoms with Gasteiger partial charge in [0.05, 0.1) is 5.92 Å². The molecule has 3 nitrogen and oxygen atoms in total. The van der Waals surface area contributed by atoms with Gasteiger partial charge in [0.1, 0.15) is 5.60 Å². The summed E-state index contributed by atoms with van der Waals surface area (Å²) in [5.74, 6) is -1.79. The predicted molar refractivity (Wildman–Crippen MR) is 60.9 cm³/mol. The van der Waals surface area contributed by atoms with E-state index in [4.69, 9.17) is 5.11 Å². The van der Waals surface area contributed by atoms with Gasteiger partial charge in [0.15, 0.2) is 0 Å². The normalized spacial score (nSPS) is 24.9. The van der Waals surface area contributed by atoms with Gasteiger partial charge in [-0.1, -0.05) is 36.4 Å². The molecule has 0 saturated carbocycles. The molecule has 1 aromatic carbocycles. The van der Waals surface area contributed by atoms with Crippen molar-refractivity contribution in [2.45, 2.75) is 18.9 Å². The fourth-order valence-corrected chi connectivity index (χ4v) is 1.97. The molecule has 0 aliphatic heterocycles. The van der Waals surface area contributed by atoms with Gasteiger partial charge in [-0.25, -0.2) is 0 Å². The molecule has 0 fully saturated rings. The third-order valence-electron chi connectivity index (χ3n) is 3.20. The summed E-state index contributed by atoms with van der Waals surface area (Å²) >= 11 is 0. The Kier molecular flexibility index (Phi) is 2.56. The van der Waals surface area contributed by atoms with Gasteiger partial charge in [-0.15, -0.1) is 0 Å². The highest BCUT2D eigenvalue weighted by atomic mass is 16.4. The van der Waals surface area contributed by atoms with Gasteiger partial charge >= 0.3 is 5.97 Å². The average molecular weight is 218 g/mol. The Morgan fingerprint density at radius 1 is 1.44 bits per heavy atom. The Labute approximate surface area is 94.0 Å². The third-order valence-corrected chi connectivity index (χ3v) is 3.20. The Bertz CT molecular complexity index is 450. The van der Waals surface area contributed by atoms with Crippen LogP contribution in [0, 0.1) is 5.92 Å². The lowest BCUT2D eigenvalue weighted by atomic mass is 9.78. The minimum Gasteiger partial charge on any atom is -0.481 e. The number of hydrogen-bond donors (Lipinski definition) is 2. The summed E-state index contributed by atoms with van der Waals surface area (Å²) in [6, 6.07) is 7.69. The molecule has 0 saturated heterocycles. The van der Waals surface area contributed by atoms with Crippen molar-refractivity contribution >= 4 is 12.0 Å². The van der Waals surface area contributed by atoms with Crippen molar-refractivity contribution in [1.82, 2.24) is 0 Å². The Balaban J connectivity index is 2.35. The van der Waals surface area contributed by atoms with E-state index in [1.165, 1.54) is 6.92 Å². The molecule has 0 aromatic heterocycles. The zero-order valence-corrected chi connectivity index (χ0v) is 9.05. The second-order valence-electron chi connectivity index (χ2n) is 4.26. The summed E-state index contributed by atoms with van der Waals surface area (Å²) in [7, 11) is 0. The first-order valence-electron chi connectivity index (χ1n) is 5.25. The fourth-order valence-electron chi connectivity index (χ4n) is 1.97. The third kappa shape index (κ3) is 1.74. The molecule has 2 atom stereocenters. The lowest BCUT2D eigenvalue weighted by Gasteiger charge is -2.32. The first-order valence-corrected chi connectivity index (χ1v) is 5.25. The molecule has 1 aliphatic rings. The first kappa shape index (κ1) is 10.9. The fraction of sp³-hybridized carbons (Fsp3) is 0.308. The minimum absolute atomic E-state index is 0.354. The van der Waals surface area contributed by atoms with Gasteiger partial charge in [-0.05, 0) is 18.1 Å². The van der Waals surface area contributed by atoms with Crippen LogP contribution >= 0.6 is 0 Å². The van der Waals surface area contributed by atoms with Crippen molar-refractivity contribution in [2.75, 3.05) is 0 Å². The van der Waals surface area contributed by atoms with Crippen molar-refractivity contribution in [3.63, 3.8) is 0 Å². The van der Waals surface area contributed by atoms with Gasteiger partial charge in [0.2, 0.25) is 0 Å². The van der Waals surface area contributed by atoms with Crippen LogP contribution in [0.1, 0.15) is 18.1 Å². The Morgan fingerprint density at radius 2 is 2.12 bits per heavy atom. The summed E-state index contributed by atoms with van der Waals surface area (Å²) in [5, 5.41) is 19.2. The van der Waals surface area contributed by atoms with Gasteiger partial charge in [-0.2, -0.15) is 0 Å². The number of hydrogen-bond acceptors (Lipinski definition) is 2. The molecular formula is C13H14O3. The molecule has 0 amide bonds. The summed E-state index contributed by atoms with van der Waals surface area (Å²) in [4.78, 5) is 10.9. The highest BCUT2D eigenvalue weighted by Gasteiger charge is 2.38. The van der Waals surface area contributed by atoms with Crippen molar-refractivity contribution in [3.8, 4) is 0 Å². The van der Waals surface area contributed by atoms with Crippen LogP contribution in [0.3, 0.4) is 0 Å². The number of carbonyl (C=O) groups is 1. The number of aliphatic carboxylic acids is 1. The summed E-state index contributed by atoms with van der Waals surface area (Å²) < 4.78 is 0. The zero-order valence-electron chi connectivity index (χ0n) is 9.05. The Morgan fingerprint density at radius 3 is 2.81 bits per heavy atom. The zero-order chi connectivity index (χ0) is 11.8. The maximum absolute atomic E-state index is 10.9. The molecule has 16 heavy (non-hydrogen) atoms. The SMILES string of the molecule is CC(C(=O)O)C1(O)C=Cc2ccccc2C1. The van der Waals surface area contributed by atoms with E-state index in [1.807, 2.05) is 24.3 Å². The number of fused-ring (bicyclic) bond motifs is 1.